The third-order valence-electron chi connectivity index (χ3n) is 3.18. The van der Waals surface area contributed by atoms with Gasteiger partial charge < -0.3 is 10.0 Å². The van der Waals surface area contributed by atoms with Crippen molar-refractivity contribution in [1.29, 1.82) is 0 Å². The minimum absolute atomic E-state index is 0.312. The summed E-state index contributed by atoms with van der Waals surface area (Å²) in [5, 5.41) is 8.78. The summed E-state index contributed by atoms with van der Waals surface area (Å²) >= 11 is 0. The summed E-state index contributed by atoms with van der Waals surface area (Å²) in [7, 11) is 0. The van der Waals surface area contributed by atoms with E-state index in [1.165, 1.54) is 18.5 Å². The number of hydrogen-bond acceptors (Lipinski definition) is 2. The average molecular weight is 205 g/mol. The molecule has 1 aromatic carbocycles. The Kier molecular flexibility index (Phi) is 3.75. The molecule has 2 nitrogen and oxygen atoms in total. The van der Waals surface area contributed by atoms with E-state index in [-0.39, 0.29) is 0 Å². The first-order valence-corrected chi connectivity index (χ1v) is 5.78. The summed E-state index contributed by atoms with van der Waals surface area (Å²) < 4.78 is 0. The van der Waals surface area contributed by atoms with Crippen LogP contribution < -0.4 is 0 Å². The van der Waals surface area contributed by atoms with E-state index >= 15 is 0 Å². The summed E-state index contributed by atoms with van der Waals surface area (Å²) in [6.45, 7) is 3.69. The monoisotopic (exact) mass is 205 g/mol. The molecule has 1 aliphatic heterocycles. The summed E-state index contributed by atoms with van der Waals surface area (Å²) in [6, 6.07) is 10.7. The Balaban J connectivity index is 1.87. The topological polar surface area (TPSA) is 23.5 Å². The highest BCUT2D eigenvalue weighted by atomic mass is 16.3. The Morgan fingerprint density at radius 3 is 2.80 bits per heavy atom. The number of benzene rings is 1. The number of rotatable bonds is 4. The van der Waals surface area contributed by atoms with Gasteiger partial charge >= 0.3 is 0 Å². The molecule has 0 amide bonds. The largest absolute Gasteiger partial charge is 0.396 e. The van der Waals surface area contributed by atoms with E-state index < -0.39 is 0 Å². The van der Waals surface area contributed by atoms with Gasteiger partial charge in [0.05, 0.1) is 0 Å². The molecule has 15 heavy (non-hydrogen) atoms. The third-order valence-corrected chi connectivity index (χ3v) is 3.18. The third kappa shape index (κ3) is 2.80. The van der Waals surface area contributed by atoms with Gasteiger partial charge in [-0.2, -0.15) is 0 Å². The molecule has 2 heteroatoms. The van der Waals surface area contributed by atoms with Crippen molar-refractivity contribution >= 4 is 0 Å². The van der Waals surface area contributed by atoms with Crippen LogP contribution >= 0.6 is 0 Å². The van der Waals surface area contributed by atoms with Crippen LogP contribution in [0.2, 0.25) is 0 Å². The van der Waals surface area contributed by atoms with Crippen molar-refractivity contribution in [2.45, 2.75) is 18.8 Å². The average Bonchev–Trinajstić information content (AvgIpc) is 2.76. The molecule has 1 atom stereocenters. The van der Waals surface area contributed by atoms with E-state index in [4.69, 9.17) is 5.11 Å². The number of aliphatic hydroxyl groups excluding tert-OH is 1. The van der Waals surface area contributed by atoms with Crippen LogP contribution in [0.3, 0.4) is 0 Å². The van der Waals surface area contributed by atoms with Crippen LogP contribution in [-0.2, 0) is 0 Å². The van der Waals surface area contributed by atoms with Crippen molar-refractivity contribution in [3.8, 4) is 0 Å². The molecule has 1 N–H and O–H groups in total. The van der Waals surface area contributed by atoms with Gasteiger partial charge in [-0.05, 0) is 30.9 Å². The fraction of sp³-hybridized carbons (Fsp3) is 0.538. The van der Waals surface area contributed by atoms with Gasteiger partial charge in [0.1, 0.15) is 0 Å². The van der Waals surface area contributed by atoms with Crippen molar-refractivity contribution in [2.75, 3.05) is 26.2 Å². The maximum atomic E-state index is 8.78. The first-order valence-electron chi connectivity index (χ1n) is 5.78. The maximum Gasteiger partial charge on any atom is 0.0443 e. The molecule has 1 aromatic rings. The molecule has 1 heterocycles. The molecule has 0 radical (unpaired) electrons. The normalized spacial score (nSPS) is 22.1. The first kappa shape index (κ1) is 10.7. The lowest BCUT2D eigenvalue weighted by atomic mass is 9.99. The lowest BCUT2D eigenvalue weighted by molar-refractivity contribution is 0.246. The second kappa shape index (κ2) is 5.29. The van der Waals surface area contributed by atoms with E-state index in [2.05, 4.69) is 35.2 Å². The SMILES string of the molecule is OCCCN1CC[C@H](c2ccccc2)C1. The second-order valence-electron chi connectivity index (χ2n) is 4.27. The van der Waals surface area contributed by atoms with Crippen molar-refractivity contribution in [3.63, 3.8) is 0 Å². The predicted octanol–water partition coefficient (Wildman–Crippen LogP) is 1.86. The van der Waals surface area contributed by atoms with Crippen molar-refractivity contribution in [3.05, 3.63) is 35.9 Å². The second-order valence-corrected chi connectivity index (χ2v) is 4.27. The fourth-order valence-corrected chi connectivity index (χ4v) is 2.33. The Morgan fingerprint density at radius 2 is 2.07 bits per heavy atom. The van der Waals surface area contributed by atoms with Crippen LogP contribution in [0.4, 0.5) is 0 Å². The van der Waals surface area contributed by atoms with Crippen LogP contribution in [-0.4, -0.2) is 36.2 Å². The molecule has 0 bridgehead atoms. The van der Waals surface area contributed by atoms with Crippen molar-refractivity contribution < 1.29 is 5.11 Å². The van der Waals surface area contributed by atoms with E-state index in [1.807, 2.05) is 0 Å². The Labute approximate surface area is 91.5 Å². The molecule has 0 spiro atoms. The molecular formula is C13H19NO. The van der Waals surface area contributed by atoms with Crippen LogP contribution in [0.15, 0.2) is 30.3 Å². The molecule has 1 fully saturated rings. The van der Waals surface area contributed by atoms with E-state index in [0.717, 1.165) is 19.5 Å². The van der Waals surface area contributed by atoms with Gasteiger partial charge in [0.2, 0.25) is 0 Å². The minimum Gasteiger partial charge on any atom is -0.396 e. The number of likely N-dealkylation sites (tertiary alicyclic amines) is 1. The number of nitrogens with zero attached hydrogens (tertiary/aromatic N) is 1. The zero-order valence-electron chi connectivity index (χ0n) is 9.10. The summed E-state index contributed by atoms with van der Waals surface area (Å²) in [5.74, 6) is 0.699. The molecule has 0 unspecified atom stereocenters. The van der Waals surface area contributed by atoms with Gasteiger partial charge in [-0.15, -0.1) is 0 Å². The lowest BCUT2D eigenvalue weighted by Crippen LogP contribution is -2.22. The molecule has 0 saturated carbocycles. The zero-order valence-corrected chi connectivity index (χ0v) is 9.10. The van der Waals surface area contributed by atoms with Crippen LogP contribution in [0, 0.1) is 0 Å². The van der Waals surface area contributed by atoms with Gasteiger partial charge in [-0.25, -0.2) is 0 Å². The summed E-state index contributed by atoms with van der Waals surface area (Å²) in [4.78, 5) is 2.45. The lowest BCUT2D eigenvalue weighted by Gasteiger charge is -2.15. The molecule has 0 aliphatic carbocycles. The van der Waals surface area contributed by atoms with Gasteiger partial charge in [0.25, 0.3) is 0 Å². The highest BCUT2D eigenvalue weighted by Gasteiger charge is 2.22. The van der Waals surface area contributed by atoms with Gasteiger partial charge in [-0.1, -0.05) is 30.3 Å². The highest BCUT2D eigenvalue weighted by Crippen LogP contribution is 2.26. The van der Waals surface area contributed by atoms with E-state index in [0.29, 0.717) is 12.5 Å². The molecule has 2 rings (SSSR count). The van der Waals surface area contributed by atoms with Crippen LogP contribution in [0.25, 0.3) is 0 Å². The van der Waals surface area contributed by atoms with Gasteiger partial charge in [-0.3, -0.25) is 0 Å². The van der Waals surface area contributed by atoms with E-state index in [1.54, 1.807) is 0 Å². The van der Waals surface area contributed by atoms with Crippen LogP contribution in [0.5, 0.6) is 0 Å². The van der Waals surface area contributed by atoms with Crippen LogP contribution in [0.1, 0.15) is 24.3 Å². The molecule has 82 valence electrons. The smallest absolute Gasteiger partial charge is 0.0443 e. The number of aliphatic hydroxyl groups is 1. The van der Waals surface area contributed by atoms with Crippen molar-refractivity contribution in [1.82, 2.24) is 4.90 Å². The summed E-state index contributed by atoms with van der Waals surface area (Å²) in [6.07, 6.45) is 2.16. The Morgan fingerprint density at radius 1 is 1.27 bits per heavy atom. The fourth-order valence-electron chi connectivity index (χ4n) is 2.33. The van der Waals surface area contributed by atoms with Crippen molar-refractivity contribution in [2.24, 2.45) is 0 Å². The molecule has 0 aromatic heterocycles. The number of hydrogen-bond donors (Lipinski definition) is 1. The zero-order chi connectivity index (χ0) is 10.5. The van der Waals surface area contributed by atoms with Gasteiger partial charge in [0.15, 0.2) is 0 Å². The maximum absolute atomic E-state index is 8.78. The molecule has 1 aliphatic rings. The highest BCUT2D eigenvalue weighted by molar-refractivity contribution is 5.20. The van der Waals surface area contributed by atoms with Gasteiger partial charge in [0, 0.05) is 19.7 Å². The molecular weight excluding hydrogens is 186 g/mol. The first-order chi connectivity index (χ1) is 7.40. The predicted molar refractivity (Wildman–Crippen MR) is 61.9 cm³/mol. The Bertz CT molecular complexity index is 286. The quantitative estimate of drug-likeness (QED) is 0.811. The van der Waals surface area contributed by atoms with E-state index in [9.17, 15) is 0 Å². The standard InChI is InChI=1S/C13H19NO/c15-10-4-8-14-9-7-13(11-14)12-5-2-1-3-6-12/h1-3,5-6,13,15H,4,7-11H2/t13-/m0/s1. The minimum atomic E-state index is 0.312. The summed E-state index contributed by atoms with van der Waals surface area (Å²) in [5.41, 5.74) is 1.46. The Hall–Kier alpha value is -0.860. The molecule has 1 saturated heterocycles.